The zero-order chi connectivity index (χ0) is 49.5. The number of fused-ring (bicyclic) bond motifs is 6. The molecular weight excluding hydrogens is 889 g/mol. The van der Waals surface area contributed by atoms with Crippen molar-refractivity contribution in [2.45, 2.75) is 89.1 Å². The molecular formula is C54H70N8O8. The van der Waals surface area contributed by atoms with Gasteiger partial charge in [0.05, 0.1) is 13.1 Å². The highest BCUT2D eigenvalue weighted by atomic mass is 16.6. The summed E-state index contributed by atoms with van der Waals surface area (Å²) in [5, 5.41) is 22.9. The fraction of sp³-hybridized carbons (Fsp3) is 0.444. The van der Waals surface area contributed by atoms with Gasteiger partial charge in [-0.05, 0) is 109 Å². The van der Waals surface area contributed by atoms with Crippen molar-refractivity contribution in [1.82, 2.24) is 42.5 Å². The molecule has 6 rings (SSSR count). The van der Waals surface area contributed by atoms with Gasteiger partial charge in [0, 0.05) is 24.9 Å². The first-order valence-electron chi connectivity index (χ1n) is 24.9. The molecule has 4 aromatic carbocycles. The first-order chi connectivity index (χ1) is 34.2. The quantitative estimate of drug-likeness (QED) is 0.0315. The lowest BCUT2D eigenvalue weighted by Gasteiger charge is -2.21. The van der Waals surface area contributed by atoms with Crippen LogP contribution in [0, 0.1) is 0 Å². The molecule has 2 aliphatic rings. The zero-order valence-electron chi connectivity index (χ0n) is 40.5. The molecule has 0 radical (unpaired) electrons. The summed E-state index contributed by atoms with van der Waals surface area (Å²) in [6, 6.07) is 29.7. The maximum Gasteiger partial charge on any atom is 0.407 e. The Labute approximate surface area is 411 Å². The van der Waals surface area contributed by atoms with Crippen molar-refractivity contribution in [2.24, 2.45) is 0 Å². The van der Waals surface area contributed by atoms with Gasteiger partial charge in [-0.15, -0.1) is 0 Å². The van der Waals surface area contributed by atoms with E-state index in [0.29, 0.717) is 25.9 Å². The maximum absolute atomic E-state index is 13.7. The lowest BCUT2D eigenvalue weighted by Crippen LogP contribution is -2.50. The van der Waals surface area contributed by atoms with Crippen molar-refractivity contribution < 1.29 is 38.2 Å². The lowest BCUT2D eigenvalue weighted by molar-refractivity contribution is -0.127. The van der Waals surface area contributed by atoms with Crippen molar-refractivity contribution in [3.8, 4) is 22.3 Å². The molecule has 0 heterocycles. The molecule has 0 aliphatic heterocycles. The van der Waals surface area contributed by atoms with Gasteiger partial charge in [-0.1, -0.05) is 124 Å². The van der Waals surface area contributed by atoms with Crippen LogP contribution in [0.2, 0.25) is 0 Å². The van der Waals surface area contributed by atoms with E-state index in [9.17, 15) is 28.8 Å². The van der Waals surface area contributed by atoms with Gasteiger partial charge >= 0.3 is 12.2 Å². The number of amides is 6. The number of alkyl carbamates (subject to hydrolysis) is 2. The van der Waals surface area contributed by atoms with Gasteiger partial charge in [-0.3, -0.25) is 19.2 Å². The molecule has 2 aliphatic carbocycles. The molecule has 0 bridgehead atoms. The van der Waals surface area contributed by atoms with Gasteiger partial charge < -0.3 is 52.0 Å². The predicted octanol–water partition coefficient (Wildman–Crippen LogP) is 5.61. The molecule has 0 saturated heterocycles. The number of ether oxygens (including phenoxy) is 2. The molecule has 0 spiro atoms. The van der Waals surface area contributed by atoms with E-state index >= 15 is 0 Å². The summed E-state index contributed by atoms with van der Waals surface area (Å²) in [5.74, 6) is -2.28. The normalized spacial score (nSPS) is 13.1. The third-order valence-corrected chi connectivity index (χ3v) is 12.5. The van der Waals surface area contributed by atoms with Gasteiger partial charge in [-0.25, -0.2) is 9.59 Å². The lowest BCUT2D eigenvalue weighted by atomic mass is 9.98. The number of carbonyl (C=O) groups is 6. The Bertz CT molecular complexity index is 2120. The minimum Gasteiger partial charge on any atom is -0.449 e. The van der Waals surface area contributed by atoms with Crippen molar-refractivity contribution in [3.05, 3.63) is 119 Å². The second-order valence-corrected chi connectivity index (χ2v) is 17.7. The van der Waals surface area contributed by atoms with Crippen LogP contribution in [0.15, 0.2) is 97.1 Å². The molecule has 0 unspecified atom stereocenters. The topological polar surface area (TPSA) is 217 Å². The molecule has 0 aromatic heterocycles. The number of hydrogen-bond acceptors (Lipinski definition) is 10. The van der Waals surface area contributed by atoms with Crippen LogP contribution in [0.25, 0.3) is 22.3 Å². The second kappa shape index (κ2) is 28.0. The van der Waals surface area contributed by atoms with Gasteiger partial charge in [0.1, 0.15) is 25.3 Å². The van der Waals surface area contributed by atoms with E-state index in [2.05, 4.69) is 56.4 Å². The van der Waals surface area contributed by atoms with Gasteiger partial charge in [0.25, 0.3) is 0 Å². The number of carbonyl (C=O) groups excluding carboxylic acids is 6. The average molecular weight is 959 g/mol. The largest absolute Gasteiger partial charge is 0.449 e. The third-order valence-electron chi connectivity index (χ3n) is 12.5. The molecule has 8 N–H and O–H groups in total. The van der Waals surface area contributed by atoms with Crippen LogP contribution in [0.1, 0.15) is 99.3 Å². The summed E-state index contributed by atoms with van der Waals surface area (Å²) in [5.41, 5.74) is 8.48. The van der Waals surface area contributed by atoms with Crippen LogP contribution in [-0.4, -0.2) is 113 Å². The molecule has 16 heteroatoms. The highest BCUT2D eigenvalue weighted by Gasteiger charge is 2.32. The SMILES string of the molecule is CCCNCCCNC(=O)CNC(=O)[C@H](CCCC[C@H](NC(=O)OCC1c2ccccc2-c2ccccc21)C(=O)NCC(=O)NCCCNCCC)NC(=O)OCC1c2ccccc2-c2ccccc21. The standard InChI is InChI=1S/C54H70N8O8/c1-3-27-55-29-15-31-57-49(63)33-59-51(65)47(61-53(67)69-35-45-41-21-9-5-17-37(41)38-18-6-10-22-42(38)45)25-13-14-26-48(52(66)60-34-50(64)58-32-16-30-56-28-4-2)62-54(68)70-36-46-43-23-11-7-19-39(43)40-20-8-12-24-44(40)46/h5-12,17-24,45-48,55-56H,3-4,13-16,25-36H2,1-2H3,(H,57,63)(H,58,64)(H,59,65)(H,60,66)(H,61,67)(H,62,68)/t47-,48-/m0/s1. The smallest absolute Gasteiger partial charge is 0.407 e. The van der Waals surface area contributed by atoms with Gasteiger partial charge in [-0.2, -0.15) is 0 Å². The minimum atomic E-state index is -1.09. The number of nitrogens with one attached hydrogen (secondary N) is 8. The van der Waals surface area contributed by atoms with E-state index in [1.54, 1.807) is 0 Å². The first-order valence-corrected chi connectivity index (χ1v) is 24.9. The van der Waals surface area contributed by atoms with E-state index < -0.39 is 36.1 Å². The van der Waals surface area contributed by atoms with Crippen LogP contribution in [-0.2, 0) is 28.7 Å². The number of hydrogen-bond donors (Lipinski definition) is 8. The predicted molar refractivity (Wildman–Crippen MR) is 270 cm³/mol. The van der Waals surface area contributed by atoms with Crippen molar-refractivity contribution in [3.63, 3.8) is 0 Å². The van der Waals surface area contributed by atoms with E-state index in [0.717, 1.165) is 96.4 Å². The summed E-state index contributed by atoms with van der Waals surface area (Å²) >= 11 is 0. The average Bonchev–Trinajstić information content (AvgIpc) is 3.88. The van der Waals surface area contributed by atoms with Crippen LogP contribution < -0.4 is 42.5 Å². The minimum absolute atomic E-state index is 0.0379. The van der Waals surface area contributed by atoms with E-state index in [1.807, 2.05) is 97.1 Å². The second-order valence-electron chi connectivity index (χ2n) is 17.7. The summed E-state index contributed by atoms with van der Waals surface area (Å²) in [4.78, 5) is 79.7. The molecule has 0 saturated carbocycles. The van der Waals surface area contributed by atoms with Crippen molar-refractivity contribution in [1.29, 1.82) is 0 Å². The summed E-state index contributed by atoms with van der Waals surface area (Å²) < 4.78 is 11.6. The summed E-state index contributed by atoms with van der Waals surface area (Å²) in [6.07, 6.45) is 2.77. The Kier molecular flexibility index (Phi) is 21.1. The Morgan fingerprint density at radius 3 is 1.13 bits per heavy atom. The van der Waals surface area contributed by atoms with Gasteiger partial charge in [0.15, 0.2) is 0 Å². The van der Waals surface area contributed by atoms with Crippen molar-refractivity contribution >= 4 is 35.8 Å². The summed E-state index contributed by atoms with van der Waals surface area (Å²) in [6.45, 7) is 7.81. The molecule has 70 heavy (non-hydrogen) atoms. The van der Waals surface area contributed by atoms with Crippen LogP contribution in [0.4, 0.5) is 9.59 Å². The number of unbranched alkanes of at least 4 members (excludes halogenated alkanes) is 1. The molecule has 4 aromatic rings. The monoisotopic (exact) mass is 959 g/mol. The molecule has 16 nitrogen and oxygen atoms in total. The number of benzene rings is 4. The summed E-state index contributed by atoms with van der Waals surface area (Å²) in [7, 11) is 0. The van der Waals surface area contributed by atoms with Crippen molar-refractivity contribution in [2.75, 3.05) is 65.6 Å². The third kappa shape index (κ3) is 15.4. The van der Waals surface area contributed by atoms with E-state index in [4.69, 9.17) is 9.47 Å². The zero-order valence-corrected chi connectivity index (χ0v) is 40.5. The van der Waals surface area contributed by atoms with Crippen LogP contribution in [0.3, 0.4) is 0 Å². The highest BCUT2D eigenvalue weighted by Crippen LogP contribution is 2.45. The fourth-order valence-electron chi connectivity index (χ4n) is 8.99. The van der Waals surface area contributed by atoms with Gasteiger partial charge in [0.2, 0.25) is 23.6 Å². The maximum atomic E-state index is 13.7. The highest BCUT2D eigenvalue weighted by molar-refractivity contribution is 5.90. The molecule has 6 amide bonds. The fourth-order valence-corrected chi connectivity index (χ4v) is 8.99. The van der Waals surface area contributed by atoms with E-state index in [-0.39, 0.29) is 62.8 Å². The molecule has 2 atom stereocenters. The first kappa shape index (κ1) is 52.6. The molecule has 0 fully saturated rings. The van der Waals surface area contributed by atoms with E-state index in [1.165, 1.54) is 0 Å². The Morgan fingerprint density at radius 1 is 0.443 bits per heavy atom. The van der Waals surface area contributed by atoms with Crippen LogP contribution >= 0.6 is 0 Å². The Balaban J connectivity index is 1.07. The Hall–Kier alpha value is -6.78. The Morgan fingerprint density at radius 2 is 0.786 bits per heavy atom. The molecule has 374 valence electrons. The van der Waals surface area contributed by atoms with Crippen LogP contribution in [0.5, 0.6) is 0 Å². The number of rotatable bonds is 29.